The van der Waals surface area contributed by atoms with Gasteiger partial charge in [0.15, 0.2) is 0 Å². The summed E-state index contributed by atoms with van der Waals surface area (Å²) in [4.78, 5) is 29.1. The van der Waals surface area contributed by atoms with Crippen LogP contribution in [-0.4, -0.2) is 24.6 Å². The minimum absolute atomic E-state index is 0.00502. The van der Waals surface area contributed by atoms with E-state index in [1.165, 1.54) is 4.57 Å². The number of benzene rings is 2. The van der Waals surface area contributed by atoms with Crippen LogP contribution in [0.15, 0.2) is 72.0 Å². The summed E-state index contributed by atoms with van der Waals surface area (Å²) < 4.78 is 5.21. The van der Waals surface area contributed by atoms with Crippen molar-refractivity contribution in [3.8, 4) is 0 Å². The van der Waals surface area contributed by atoms with Crippen molar-refractivity contribution in [1.29, 1.82) is 0 Å². The second-order valence-electron chi connectivity index (χ2n) is 6.93. The smallest absolute Gasteiger partial charge is 0.329 e. The quantitative estimate of drug-likeness (QED) is 0.527. The van der Waals surface area contributed by atoms with Gasteiger partial charge in [-0.2, -0.15) is 0 Å². The first-order valence-electron chi connectivity index (χ1n) is 9.64. The van der Waals surface area contributed by atoms with Gasteiger partial charge in [0.05, 0.1) is 17.4 Å². The molecule has 0 aliphatic heterocycles. The van der Waals surface area contributed by atoms with E-state index in [2.05, 4.69) is 10.3 Å². The number of amides is 1. The molecule has 1 amide bonds. The first kappa shape index (κ1) is 18.7. The number of aromatic nitrogens is 4. The first-order chi connectivity index (χ1) is 14.2. The lowest BCUT2D eigenvalue weighted by Crippen LogP contribution is -2.32. The van der Waals surface area contributed by atoms with Gasteiger partial charge in [0.2, 0.25) is 5.91 Å². The number of aryl methyl sites for hydroxylation is 1. The third-order valence-corrected chi connectivity index (χ3v) is 4.98. The van der Waals surface area contributed by atoms with Crippen LogP contribution in [0.1, 0.15) is 18.1 Å². The number of para-hydroxylation sites is 2. The number of carbonyl (C=O) groups excluding carboxylic acids is 1. The first-order valence-corrected chi connectivity index (χ1v) is 9.64. The Morgan fingerprint density at radius 1 is 1.00 bits per heavy atom. The topological polar surface area (TPSA) is 73.8 Å². The normalized spacial score (nSPS) is 11.1. The Labute approximate surface area is 168 Å². The van der Waals surface area contributed by atoms with Crippen LogP contribution < -0.4 is 11.0 Å². The molecule has 1 N–H and O–H groups in total. The Hall–Kier alpha value is -3.61. The SMILES string of the molecule is CCn1c(=O)n(CC(=O)NCc2ccc(Cn3ccnc3)cc2)c2ccccc21. The van der Waals surface area contributed by atoms with Gasteiger partial charge in [-0.25, -0.2) is 9.78 Å². The number of fused-ring (bicyclic) bond motifs is 1. The predicted octanol–water partition coefficient (Wildman–Crippen LogP) is 2.38. The van der Waals surface area contributed by atoms with Crippen LogP contribution in [0.4, 0.5) is 0 Å². The molecule has 7 nitrogen and oxygen atoms in total. The summed E-state index contributed by atoms with van der Waals surface area (Å²) in [6.07, 6.45) is 5.46. The average molecular weight is 389 g/mol. The monoisotopic (exact) mass is 389 g/mol. The van der Waals surface area contributed by atoms with E-state index in [-0.39, 0.29) is 18.1 Å². The Kier molecular flexibility index (Phi) is 5.29. The lowest BCUT2D eigenvalue weighted by atomic mass is 10.1. The summed E-state index contributed by atoms with van der Waals surface area (Å²) in [5.74, 6) is -0.186. The molecule has 0 aliphatic carbocycles. The average Bonchev–Trinajstić information content (AvgIpc) is 3.34. The van der Waals surface area contributed by atoms with E-state index >= 15 is 0 Å². The molecule has 148 valence electrons. The summed E-state index contributed by atoms with van der Waals surface area (Å²) in [7, 11) is 0. The van der Waals surface area contributed by atoms with Gasteiger partial charge in [0.1, 0.15) is 6.54 Å². The zero-order valence-electron chi connectivity index (χ0n) is 16.3. The van der Waals surface area contributed by atoms with Crippen molar-refractivity contribution in [3.63, 3.8) is 0 Å². The van der Waals surface area contributed by atoms with Gasteiger partial charge < -0.3 is 9.88 Å². The van der Waals surface area contributed by atoms with Crippen LogP contribution >= 0.6 is 0 Å². The second kappa shape index (κ2) is 8.18. The van der Waals surface area contributed by atoms with Crippen LogP contribution in [-0.2, 0) is 31.0 Å². The van der Waals surface area contributed by atoms with E-state index < -0.39 is 0 Å². The van der Waals surface area contributed by atoms with Gasteiger partial charge in [0, 0.05) is 32.0 Å². The third kappa shape index (κ3) is 3.99. The van der Waals surface area contributed by atoms with E-state index in [1.807, 2.05) is 66.2 Å². The van der Waals surface area contributed by atoms with Crippen molar-refractivity contribution in [1.82, 2.24) is 24.0 Å². The Morgan fingerprint density at radius 2 is 1.69 bits per heavy atom. The van der Waals surface area contributed by atoms with E-state index in [0.717, 1.165) is 28.7 Å². The largest absolute Gasteiger partial charge is 0.350 e. The van der Waals surface area contributed by atoms with Gasteiger partial charge in [0.25, 0.3) is 0 Å². The molecular formula is C22H23N5O2. The summed E-state index contributed by atoms with van der Waals surface area (Å²) in [5.41, 5.74) is 3.64. The molecule has 0 saturated heterocycles. The summed E-state index contributed by atoms with van der Waals surface area (Å²) in [5, 5.41) is 2.91. The number of carbonyl (C=O) groups is 1. The van der Waals surface area contributed by atoms with Crippen molar-refractivity contribution < 1.29 is 4.79 Å². The molecule has 0 unspecified atom stereocenters. The molecule has 0 radical (unpaired) electrons. The lowest BCUT2D eigenvalue weighted by Gasteiger charge is -2.08. The Balaban J connectivity index is 1.40. The predicted molar refractivity (Wildman–Crippen MR) is 111 cm³/mol. The minimum Gasteiger partial charge on any atom is -0.350 e. The van der Waals surface area contributed by atoms with Crippen molar-refractivity contribution in [3.05, 3.63) is 88.9 Å². The molecule has 2 heterocycles. The highest BCUT2D eigenvalue weighted by Crippen LogP contribution is 2.12. The van der Waals surface area contributed by atoms with Crippen LogP contribution in [0.25, 0.3) is 11.0 Å². The highest BCUT2D eigenvalue weighted by Gasteiger charge is 2.14. The summed E-state index contributed by atoms with van der Waals surface area (Å²) in [6, 6.07) is 15.6. The number of hydrogen-bond acceptors (Lipinski definition) is 3. The van der Waals surface area contributed by atoms with Gasteiger partial charge in [-0.3, -0.25) is 13.9 Å². The third-order valence-electron chi connectivity index (χ3n) is 4.98. The standard InChI is InChI=1S/C22H23N5O2/c1-2-26-19-5-3-4-6-20(19)27(22(26)29)15-21(28)24-13-17-7-9-18(10-8-17)14-25-12-11-23-16-25/h3-12,16H,2,13-15H2,1H3,(H,24,28). The Bertz CT molecular complexity index is 1170. The van der Waals surface area contributed by atoms with Gasteiger partial charge in [-0.15, -0.1) is 0 Å². The molecule has 2 aromatic carbocycles. The molecule has 29 heavy (non-hydrogen) atoms. The van der Waals surface area contributed by atoms with Crippen molar-refractivity contribution >= 4 is 16.9 Å². The summed E-state index contributed by atoms with van der Waals surface area (Å²) >= 11 is 0. The van der Waals surface area contributed by atoms with E-state index in [9.17, 15) is 9.59 Å². The number of imidazole rings is 2. The maximum atomic E-state index is 12.6. The molecule has 0 spiro atoms. The molecule has 0 fully saturated rings. The fourth-order valence-corrected chi connectivity index (χ4v) is 3.48. The molecular weight excluding hydrogens is 366 g/mol. The van der Waals surface area contributed by atoms with Crippen LogP contribution in [0.2, 0.25) is 0 Å². The number of hydrogen-bond donors (Lipinski definition) is 1. The van der Waals surface area contributed by atoms with Crippen molar-refractivity contribution in [2.24, 2.45) is 0 Å². The van der Waals surface area contributed by atoms with Crippen LogP contribution in [0.5, 0.6) is 0 Å². The highest BCUT2D eigenvalue weighted by atomic mass is 16.2. The van der Waals surface area contributed by atoms with Crippen molar-refractivity contribution in [2.45, 2.75) is 33.1 Å². The second-order valence-corrected chi connectivity index (χ2v) is 6.93. The van der Waals surface area contributed by atoms with E-state index in [4.69, 9.17) is 0 Å². The molecule has 4 rings (SSSR count). The van der Waals surface area contributed by atoms with Gasteiger partial charge in [-0.05, 0) is 30.2 Å². The fraction of sp³-hybridized carbons (Fsp3) is 0.227. The minimum atomic E-state index is -0.186. The molecule has 2 aromatic heterocycles. The molecule has 7 heteroatoms. The van der Waals surface area contributed by atoms with Crippen molar-refractivity contribution in [2.75, 3.05) is 0 Å². The van der Waals surface area contributed by atoms with E-state index in [0.29, 0.717) is 13.1 Å². The summed E-state index contributed by atoms with van der Waals surface area (Å²) in [6.45, 7) is 3.68. The molecule has 4 aromatic rings. The molecule has 0 saturated carbocycles. The highest BCUT2D eigenvalue weighted by molar-refractivity contribution is 5.80. The molecule has 0 atom stereocenters. The van der Waals surface area contributed by atoms with E-state index in [1.54, 1.807) is 17.1 Å². The number of rotatable bonds is 7. The zero-order chi connectivity index (χ0) is 20.2. The Morgan fingerprint density at radius 3 is 2.34 bits per heavy atom. The van der Waals surface area contributed by atoms with Gasteiger partial charge >= 0.3 is 5.69 Å². The maximum Gasteiger partial charge on any atom is 0.329 e. The fourth-order valence-electron chi connectivity index (χ4n) is 3.48. The van der Waals surface area contributed by atoms with Crippen LogP contribution in [0, 0.1) is 0 Å². The maximum absolute atomic E-state index is 12.6. The zero-order valence-corrected chi connectivity index (χ0v) is 16.3. The molecule has 0 aliphatic rings. The van der Waals surface area contributed by atoms with Crippen LogP contribution in [0.3, 0.4) is 0 Å². The number of nitrogens with one attached hydrogen (secondary N) is 1. The number of nitrogens with zero attached hydrogens (tertiary/aromatic N) is 4. The lowest BCUT2D eigenvalue weighted by molar-refractivity contribution is -0.121. The van der Waals surface area contributed by atoms with Gasteiger partial charge in [-0.1, -0.05) is 36.4 Å². The molecule has 0 bridgehead atoms.